The number of unbranched alkanes of at least 4 members (excludes halogenated alkanes) is 5. The van der Waals surface area contributed by atoms with Crippen molar-refractivity contribution in [3.63, 3.8) is 0 Å². The number of hydrogen-bond donors (Lipinski definition) is 0. The molecule has 1 atom stereocenters. The third-order valence-corrected chi connectivity index (χ3v) is 5.10. The van der Waals surface area contributed by atoms with Crippen molar-refractivity contribution in [1.82, 2.24) is 9.78 Å². The van der Waals surface area contributed by atoms with Gasteiger partial charge in [0, 0.05) is 12.5 Å². The zero-order valence-electron chi connectivity index (χ0n) is 13.7. The van der Waals surface area contributed by atoms with Crippen molar-refractivity contribution in [3.8, 4) is 0 Å². The van der Waals surface area contributed by atoms with Gasteiger partial charge in [0.05, 0.1) is 5.69 Å². The Morgan fingerprint density at radius 2 is 1.65 bits per heavy atom. The van der Waals surface area contributed by atoms with Crippen LogP contribution in [0.25, 0.3) is 0 Å². The van der Waals surface area contributed by atoms with E-state index in [1.54, 1.807) is 0 Å². The highest BCUT2D eigenvalue weighted by Crippen LogP contribution is 2.35. The molecule has 0 aliphatic heterocycles. The normalized spacial score (nSPS) is 14.4. The molecule has 0 saturated carbocycles. The zero-order chi connectivity index (χ0) is 15.0. The van der Waals surface area contributed by atoms with Crippen LogP contribution in [0.2, 0.25) is 0 Å². The van der Waals surface area contributed by atoms with Crippen molar-refractivity contribution < 1.29 is 0 Å². The topological polar surface area (TPSA) is 17.8 Å². The Bertz CT molecular complexity index is 367. The van der Waals surface area contributed by atoms with Crippen molar-refractivity contribution in [2.24, 2.45) is 7.05 Å². The summed E-state index contributed by atoms with van der Waals surface area (Å²) < 4.78 is 3.03. The molecule has 0 aliphatic carbocycles. The highest BCUT2D eigenvalue weighted by molar-refractivity contribution is 9.10. The lowest BCUT2D eigenvalue weighted by atomic mass is 9.77. The second-order valence-electron chi connectivity index (χ2n) is 6.30. The SMILES string of the molecule is CCCCCCCC(C)(CCCC)c1cc(Br)n(C)n1. The van der Waals surface area contributed by atoms with Crippen molar-refractivity contribution in [2.75, 3.05) is 0 Å². The molecule has 0 amide bonds. The summed E-state index contributed by atoms with van der Waals surface area (Å²) in [6, 6.07) is 2.21. The Hall–Kier alpha value is -0.310. The van der Waals surface area contributed by atoms with Gasteiger partial charge >= 0.3 is 0 Å². The van der Waals surface area contributed by atoms with Gasteiger partial charge < -0.3 is 0 Å². The van der Waals surface area contributed by atoms with Gasteiger partial charge in [-0.25, -0.2) is 0 Å². The lowest BCUT2D eigenvalue weighted by Crippen LogP contribution is -2.23. The van der Waals surface area contributed by atoms with E-state index < -0.39 is 0 Å². The number of hydrogen-bond acceptors (Lipinski definition) is 1. The van der Waals surface area contributed by atoms with Gasteiger partial charge in [-0.05, 0) is 34.8 Å². The van der Waals surface area contributed by atoms with Crippen LogP contribution < -0.4 is 0 Å². The molecule has 0 saturated heterocycles. The molecule has 0 bridgehead atoms. The first-order valence-corrected chi connectivity index (χ1v) is 9.03. The molecule has 0 aromatic carbocycles. The fourth-order valence-electron chi connectivity index (χ4n) is 2.81. The number of rotatable bonds is 10. The van der Waals surface area contributed by atoms with Crippen molar-refractivity contribution in [2.45, 2.75) is 84.0 Å². The Morgan fingerprint density at radius 1 is 1.05 bits per heavy atom. The van der Waals surface area contributed by atoms with Crippen LogP contribution in [0.3, 0.4) is 0 Å². The summed E-state index contributed by atoms with van der Waals surface area (Å²) in [5.74, 6) is 0. The number of nitrogens with zero attached hydrogens (tertiary/aromatic N) is 2. The van der Waals surface area contributed by atoms with E-state index in [1.165, 1.54) is 63.5 Å². The summed E-state index contributed by atoms with van der Waals surface area (Å²) in [5.41, 5.74) is 1.50. The van der Waals surface area contributed by atoms with Crippen LogP contribution in [0.5, 0.6) is 0 Å². The number of aromatic nitrogens is 2. The summed E-state index contributed by atoms with van der Waals surface area (Å²) in [6.45, 7) is 6.95. The Kier molecular flexibility index (Phi) is 7.86. The van der Waals surface area contributed by atoms with Crippen LogP contribution >= 0.6 is 15.9 Å². The molecular formula is C17H31BrN2. The third-order valence-electron chi connectivity index (χ3n) is 4.36. The Morgan fingerprint density at radius 3 is 2.20 bits per heavy atom. The van der Waals surface area contributed by atoms with Gasteiger partial charge in [0.1, 0.15) is 4.60 Å². The fourth-order valence-corrected chi connectivity index (χ4v) is 3.10. The summed E-state index contributed by atoms with van der Waals surface area (Å²) >= 11 is 3.58. The first kappa shape index (κ1) is 17.7. The Balaban J connectivity index is 2.65. The molecule has 0 fully saturated rings. The van der Waals surface area contributed by atoms with Crippen LogP contribution in [0, 0.1) is 0 Å². The van der Waals surface area contributed by atoms with E-state index in [1.807, 2.05) is 11.7 Å². The lowest BCUT2D eigenvalue weighted by Gasteiger charge is -2.28. The molecule has 3 heteroatoms. The number of halogens is 1. The van der Waals surface area contributed by atoms with Crippen LogP contribution in [-0.4, -0.2) is 9.78 Å². The highest BCUT2D eigenvalue weighted by atomic mass is 79.9. The van der Waals surface area contributed by atoms with Gasteiger partial charge in [0.25, 0.3) is 0 Å². The minimum atomic E-state index is 0.242. The molecule has 1 unspecified atom stereocenters. The standard InChI is InChI=1S/C17H31BrN2/c1-5-7-9-10-11-13-17(3,12-8-6-2)15-14-16(18)20(4)19-15/h14H,5-13H2,1-4H3. The van der Waals surface area contributed by atoms with E-state index in [4.69, 9.17) is 5.10 Å². The molecular weight excluding hydrogens is 312 g/mol. The van der Waals surface area contributed by atoms with Crippen molar-refractivity contribution in [1.29, 1.82) is 0 Å². The maximum absolute atomic E-state index is 4.72. The van der Waals surface area contributed by atoms with Crippen molar-refractivity contribution in [3.05, 3.63) is 16.4 Å². The maximum Gasteiger partial charge on any atom is 0.104 e. The summed E-state index contributed by atoms with van der Waals surface area (Å²) in [4.78, 5) is 0. The van der Waals surface area contributed by atoms with E-state index in [-0.39, 0.29) is 5.41 Å². The van der Waals surface area contributed by atoms with E-state index in [9.17, 15) is 0 Å². The van der Waals surface area contributed by atoms with E-state index in [0.717, 1.165) is 4.60 Å². The minimum absolute atomic E-state index is 0.242. The molecule has 2 nitrogen and oxygen atoms in total. The molecule has 0 N–H and O–H groups in total. The highest BCUT2D eigenvalue weighted by Gasteiger charge is 2.28. The fraction of sp³-hybridized carbons (Fsp3) is 0.824. The Labute approximate surface area is 133 Å². The van der Waals surface area contributed by atoms with Crippen LogP contribution in [0.1, 0.15) is 84.3 Å². The molecule has 0 aliphatic rings. The van der Waals surface area contributed by atoms with Crippen LogP contribution in [0.15, 0.2) is 10.7 Å². The predicted molar refractivity (Wildman–Crippen MR) is 91.2 cm³/mol. The molecule has 116 valence electrons. The molecule has 1 aromatic heterocycles. The third kappa shape index (κ3) is 5.23. The van der Waals surface area contributed by atoms with E-state index in [0.29, 0.717) is 0 Å². The molecule has 20 heavy (non-hydrogen) atoms. The molecule has 1 aromatic rings. The first-order chi connectivity index (χ1) is 9.53. The smallest absolute Gasteiger partial charge is 0.104 e. The monoisotopic (exact) mass is 342 g/mol. The van der Waals surface area contributed by atoms with Crippen LogP contribution in [0.4, 0.5) is 0 Å². The summed E-state index contributed by atoms with van der Waals surface area (Å²) in [7, 11) is 2.01. The average molecular weight is 343 g/mol. The molecule has 1 rings (SSSR count). The molecule has 0 spiro atoms. The number of aryl methyl sites for hydroxylation is 1. The van der Waals surface area contributed by atoms with Gasteiger partial charge in [-0.3, -0.25) is 4.68 Å². The van der Waals surface area contributed by atoms with Gasteiger partial charge in [0.2, 0.25) is 0 Å². The second kappa shape index (κ2) is 8.86. The zero-order valence-corrected chi connectivity index (χ0v) is 15.3. The molecule has 0 radical (unpaired) electrons. The second-order valence-corrected chi connectivity index (χ2v) is 7.12. The molecule has 1 heterocycles. The van der Waals surface area contributed by atoms with Crippen LogP contribution in [-0.2, 0) is 12.5 Å². The summed E-state index contributed by atoms with van der Waals surface area (Å²) in [6.07, 6.45) is 11.8. The predicted octanol–water partition coefficient (Wildman–Crippen LogP) is 5.99. The maximum atomic E-state index is 4.72. The quantitative estimate of drug-likeness (QED) is 0.477. The average Bonchev–Trinajstić information content (AvgIpc) is 2.77. The van der Waals surface area contributed by atoms with Gasteiger partial charge in [-0.1, -0.05) is 65.7 Å². The first-order valence-electron chi connectivity index (χ1n) is 8.23. The largest absolute Gasteiger partial charge is 0.261 e. The van der Waals surface area contributed by atoms with Gasteiger partial charge in [0.15, 0.2) is 0 Å². The summed E-state index contributed by atoms with van der Waals surface area (Å²) in [5, 5.41) is 4.72. The van der Waals surface area contributed by atoms with E-state index in [2.05, 4.69) is 42.8 Å². The van der Waals surface area contributed by atoms with Gasteiger partial charge in [-0.2, -0.15) is 5.10 Å². The van der Waals surface area contributed by atoms with Crippen molar-refractivity contribution >= 4 is 15.9 Å². The van der Waals surface area contributed by atoms with E-state index >= 15 is 0 Å². The van der Waals surface area contributed by atoms with Gasteiger partial charge in [-0.15, -0.1) is 0 Å². The lowest BCUT2D eigenvalue weighted by molar-refractivity contribution is 0.356. The minimum Gasteiger partial charge on any atom is -0.261 e.